The number of carbonyl (C=O) groups excluding carboxylic acids is 2. The molecule has 0 N–H and O–H groups in total. The molecule has 4 aliphatic heterocycles. The van der Waals surface area contributed by atoms with Crippen molar-refractivity contribution in [2.45, 2.75) is 51.4 Å². The molecular weight excluding hydrogens is 364 g/mol. The van der Waals surface area contributed by atoms with Gasteiger partial charge in [-0.15, -0.1) is 0 Å². The van der Waals surface area contributed by atoms with Crippen LogP contribution in [-0.4, -0.2) is 61.5 Å². The van der Waals surface area contributed by atoms with E-state index >= 15 is 0 Å². The summed E-state index contributed by atoms with van der Waals surface area (Å²) in [6.07, 6.45) is 8.68. The number of amides is 1. The van der Waals surface area contributed by atoms with E-state index in [0.29, 0.717) is 17.8 Å². The van der Waals surface area contributed by atoms with Crippen molar-refractivity contribution < 1.29 is 14.3 Å². The minimum absolute atomic E-state index is 0.117. The van der Waals surface area contributed by atoms with Crippen molar-refractivity contribution in [3.05, 3.63) is 35.4 Å². The number of carbonyl (C=O) groups is 2. The lowest BCUT2D eigenvalue weighted by molar-refractivity contribution is -0.142. The number of ether oxygens (including phenoxy) is 1. The third-order valence-electron chi connectivity index (χ3n) is 7.60. The van der Waals surface area contributed by atoms with Crippen LogP contribution in [0.4, 0.5) is 0 Å². The van der Waals surface area contributed by atoms with E-state index in [2.05, 4.69) is 17.0 Å². The van der Waals surface area contributed by atoms with Crippen molar-refractivity contribution >= 4 is 11.9 Å². The van der Waals surface area contributed by atoms with Crippen LogP contribution < -0.4 is 0 Å². The third kappa shape index (κ3) is 4.82. The van der Waals surface area contributed by atoms with E-state index in [-0.39, 0.29) is 11.9 Å². The number of fused-ring (bicyclic) bond motifs is 3. The van der Waals surface area contributed by atoms with Gasteiger partial charge in [0.15, 0.2) is 0 Å². The maximum atomic E-state index is 12.8. The van der Waals surface area contributed by atoms with Crippen molar-refractivity contribution in [3.63, 3.8) is 0 Å². The summed E-state index contributed by atoms with van der Waals surface area (Å²) in [7, 11) is 1.43. The summed E-state index contributed by atoms with van der Waals surface area (Å²) >= 11 is 0. The zero-order chi connectivity index (χ0) is 20.3. The van der Waals surface area contributed by atoms with E-state index in [1.807, 2.05) is 17.0 Å². The molecule has 0 spiro atoms. The number of benzene rings is 1. The third-order valence-corrected chi connectivity index (χ3v) is 7.60. The van der Waals surface area contributed by atoms with Crippen LogP contribution in [0.1, 0.15) is 60.9 Å². The zero-order valence-corrected chi connectivity index (χ0v) is 17.7. The Balaban J connectivity index is 1.27. The minimum atomic E-state index is -0.149. The quantitative estimate of drug-likeness (QED) is 0.688. The molecule has 2 bridgehead atoms. The lowest BCUT2D eigenvalue weighted by Gasteiger charge is -2.48. The van der Waals surface area contributed by atoms with Crippen LogP contribution in [-0.2, 0) is 16.0 Å². The minimum Gasteiger partial charge on any atom is -0.469 e. The van der Waals surface area contributed by atoms with Gasteiger partial charge in [-0.1, -0.05) is 12.1 Å². The number of piperidine rings is 4. The second kappa shape index (κ2) is 8.86. The Kier molecular flexibility index (Phi) is 6.23. The first-order valence-corrected chi connectivity index (χ1v) is 11.2. The van der Waals surface area contributed by atoms with Gasteiger partial charge in [-0.25, -0.2) is 0 Å². The molecule has 4 saturated heterocycles. The summed E-state index contributed by atoms with van der Waals surface area (Å²) in [6, 6.07) is 8.29. The average Bonchev–Trinajstić information content (AvgIpc) is 2.79. The first-order valence-electron chi connectivity index (χ1n) is 11.2. The Labute approximate surface area is 174 Å². The molecule has 0 saturated carbocycles. The molecule has 5 heteroatoms. The fourth-order valence-corrected chi connectivity index (χ4v) is 5.34. The van der Waals surface area contributed by atoms with E-state index in [4.69, 9.17) is 4.74 Å². The Bertz CT molecular complexity index is 700. The summed E-state index contributed by atoms with van der Waals surface area (Å²) in [5, 5.41) is 0. The number of hydrogen-bond acceptors (Lipinski definition) is 4. The summed E-state index contributed by atoms with van der Waals surface area (Å²) in [5.74, 6) is 0.301. The van der Waals surface area contributed by atoms with Gasteiger partial charge in [-0.05, 0) is 93.6 Å². The maximum absolute atomic E-state index is 12.8. The molecule has 5 nitrogen and oxygen atoms in total. The van der Waals surface area contributed by atoms with Crippen LogP contribution in [0.15, 0.2) is 24.3 Å². The van der Waals surface area contributed by atoms with E-state index in [9.17, 15) is 9.59 Å². The number of methoxy groups -OCH3 is 1. The van der Waals surface area contributed by atoms with Gasteiger partial charge in [0.25, 0.3) is 5.91 Å². The molecular formula is C24H34N2O3. The maximum Gasteiger partial charge on any atom is 0.305 e. The summed E-state index contributed by atoms with van der Waals surface area (Å²) in [4.78, 5) is 28.8. The first-order chi connectivity index (χ1) is 14.1. The molecule has 158 valence electrons. The second-order valence-corrected chi connectivity index (χ2v) is 9.30. The molecule has 0 unspecified atom stereocenters. The number of esters is 1. The molecule has 4 fully saturated rings. The van der Waals surface area contributed by atoms with Crippen LogP contribution in [0.3, 0.4) is 0 Å². The zero-order valence-electron chi connectivity index (χ0n) is 17.7. The van der Waals surface area contributed by atoms with Crippen LogP contribution in [0.5, 0.6) is 0 Å². The number of rotatable bonds is 6. The van der Waals surface area contributed by atoms with E-state index in [0.717, 1.165) is 37.9 Å². The smallest absolute Gasteiger partial charge is 0.305 e. The number of nitrogens with zero attached hydrogens (tertiary/aromatic N) is 2. The highest BCUT2D eigenvalue weighted by atomic mass is 16.5. The van der Waals surface area contributed by atoms with Crippen molar-refractivity contribution in [2.24, 2.45) is 11.3 Å². The summed E-state index contributed by atoms with van der Waals surface area (Å²) < 4.78 is 4.76. The molecule has 0 atom stereocenters. The van der Waals surface area contributed by atoms with Gasteiger partial charge in [-0.2, -0.15) is 0 Å². The monoisotopic (exact) mass is 398 g/mol. The van der Waals surface area contributed by atoms with E-state index in [1.165, 1.54) is 58.0 Å². The van der Waals surface area contributed by atoms with Crippen LogP contribution in [0.2, 0.25) is 0 Å². The Hall–Kier alpha value is -1.88. The standard InChI is InChI=1S/C24H34N2O3/c1-29-22(27)18-20-7-13-26(14-8-20)23(28)21-4-2-19(3-5-21)6-9-24-10-15-25(16-11-24)17-12-24/h2-5,20H,6-18H2,1H3. The predicted octanol–water partition coefficient (Wildman–Crippen LogP) is 3.52. The highest BCUT2D eigenvalue weighted by molar-refractivity contribution is 5.94. The Morgan fingerprint density at radius 3 is 2.21 bits per heavy atom. The lowest BCUT2D eigenvalue weighted by atomic mass is 9.69. The number of hydrogen-bond donors (Lipinski definition) is 0. The van der Waals surface area contributed by atoms with Gasteiger partial charge in [0.05, 0.1) is 7.11 Å². The molecule has 4 aliphatic rings. The van der Waals surface area contributed by atoms with Crippen LogP contribution >= 0.6 is 0 Å². The van der Waals surface area contributed by atoms with E-state index < -0.39 is 0 Å². The largest absolute Gasteiger partial charge is 0.469 e. The summed E-state index contributed by atoms with van der Waals surface area (Å²) in [6.45, 7) is 5.29. The fraction of sp³-hybridized carbons (Fsp3) is 0.667. The molecule has 0 radical (unpaired) electrons. The van der Waals surface area contributed by atoms with Crippen molar-refractivity contribution in [2.75, 3.05) is 39.8 Å². The van der Waals surface area contributed by atoms with Crippen LogP contribution in [0.25, 0.3) is 0 Å². The van der Waals surface area contributed by atoms with Crippen molar-refractivity contribution in [1.29, 1.82) is 0 Å². The lowest BCUT2D eigenvalue weighted by Crippen LogP contribution is -2.48. The fourth-order valence-electron chi connectivity index (χ4n) is 5.34. The topological polar surface area (TPSA) is 49.9 Å². The molecule has 4 heterocycles. The molecule has 29 heavy (non-hydrogen) atoms. The Morgan fingerprint density at radius 2 is 1.62 bits per heavy atom. The van der Waals surface area contributed by atoms with Gasteiger partial charge in [0.1, 0.15) is 0 Å². The van der Waals surface area contributed by atoms with Gasteiger partial charge in [0, 0.05) is 25.1 Å². The van der Waals surface area contributed by atoms with Crippen molar-refractivity contribution in [1.82, 2.24) is 9.80 Å². The first kappa shape index (κ1) is 20.4. The molecule has 0 aliphatic carbocycles. The predicted molar refractivity (Wildman–Crippen MR) is 113 cm³/mol. The summed E-state index contributed by atoms with van der Waals surface area (Å²) in [5.41, 5.74) is 2.70. The number of likely N-dealkylation sites (tertiary alicyclic amines) is 1. The molecule has 0 aromatic heterocycles. The Morgan fingerprint density at radius 1 is 1.00 bits per heavy atom. The van der Waals surface area contributed by atoms with Crippen molar-refractivity contribution in [3.8, 4) is 0 Å². The van der Waals surface area contributed by atoms with Gasteiger partial charge in [0.2, 0.25) is 0 Å². The molecule has 1 amide bonds. The number of aryl methyl sites for hydroxylation is 1. The van der Waals surface area contributed by atoms with E-state index in [1.54, 1.807) is 0 Å². The molecule has 1 aromatic carbocycles. The second-order valence-electron chi connectivity index (χ2n) is 9.30. The molecule has 1 aromatic rings. The average molecular weight is 399 g/mol. The van der Waals surface area contributed by atoms with Gasteiger partial charge in [-0.3, -0.25) is 9.59 Å². The highest BCUT2D eigenvalue weighted by Gasteiger charge is 2.38. The van der Waals surface area contributed by atoms with Gasteiger partial charge < -0.3 is 14.5 Å². The normalized spacial score (nSPS) is 27.1. The van der Waals surface area contributed by atoms with Gasteiger partial charge >= 0.3 is 5.97 Å². The highest BCUT2D eigenvalue weighted by Crippen LogP contribution is 2.43. The SMILES string of the molecule is COC(=O)CC1CCN(C(=O)c2ccc(CCC34CCN(CC3)CC4)cc2)CC1. The van der Waals surface area contributed by atoms with Crippen LogP contribution in [0, 0.1) is 11.3 Å². The molecule has 5 rings (SSSR count).